The van der Waals surface area contributed by atoms with E-state index in [4.69, 9.17) is 9.47 Å². The summed E-state index contributed by atoms with van der Waals surface area (Å²) in [5.41, 5.74) is 0. The number of epoxide rings is 1. The van der Waals surface area contributed by atoms with Crippen LogP contribution in [0.15, 0.2) is 12.3 Å². The Balaban J connectivity index is 1.77. The van der Waals surface area contributed by atoms with Gasteiger partial charge in [0.1, 0.15) is 0 Å². The molecule has 1 saturated heterocycles. The number of hydrogen-bond donors (Lipinski definition) is 0. The smallest absolute Gasteiger partial charge is 0.0904 e. The molecule has 0 aromatic heterocycles. The normalized spacial score (nSPS) is 43.2. The maximum absolute atomic E-state index is 5.51. The lowest BCUT2D eigenvalue weighted by atomic mass is 9.81. The molecule has 2 rings (SSSR count). The molecule has 2 heteroatoms. The van der Waals surface area contributed by atoms with Gasteiger partial charge >= 0.3 is 0 Å². The molecule has 2 fully saturated rings. The first kappa shape index (κ1) is 9.07. The van der Waals surface area contributed by atoms with Crippen LogP contribution in [0, 0.1) is 11.8 Å². The van der Waals surface area contributed by atoms with E-state index >= 15 is 0 Å². The van der Waals surface area contributed by atoms with Crippen molar-refractivity contribution in [1.82, 2.24) is 0 Å². The van der Waals surface area contributed by atoms with Crippen molar-refractivity contribution >= 4 is 0 Å². The third-order valence-electron chi connectivity index (χ3n) is 3.17. The van der Waals surface area contributed by atoms with Gasteiger partial charge in [-0.1, -0.05) is 13.0 Å². The van der Waals surface area contributed by atoms with Gasteiger partial charge in [-0.3, -0.25) is 0 Å². The Morgan fingerprint density at radius 1 is 1.38 bits per heavy atom. The average Bonchev–Trinajstić information content (AvgIpc) is 2.83. The monoisotopic (exact) mass is 182 g/mol. The molecule has 13 heavy (non-hydrogen) atoms. The predicted molar refractivity (Wildman–Crippen MR) is 51.3 cm³/mol. The molecule has 0 N–H and O–H groups in total. The molecule has 74 valence electrons. The topological polar surface area (TPSA) is 21.8 Å². The fourth-order valence-corrected chi connectivity index (χ4v) is 2.19. The van der Waals surface area contributed by atoms with Gasteiger partial charge in [-0.25, -0.2) is 0 Å². The Labute approximate surface area is 79.9 Å². The Hall–Kier alpha value is -0.500. The van der Waals surface area contributed by atoms with Crippen molar-refractivity contribution < 1.29 is 9.47 Å². The Morgan fingerprint density at radius 2 is 2.15 bits per heavy atom. The van der Waals surface area contributed by atoms with Gasteiger partial charge in [0, 0.05) is 0 Å². The van der Waals surface area contributed by atoms with E-state index in [1.807, 2.05) is 13.0 Å². The van der Waals surface area contributed by atoms with Gasteiger partial charge in [0.25, 0.3) is 0 Å². The van der Waals surface area contributed by atoms with Crippen LogP contribution in [0.5, 0.6) is 0 Å². The molecule has 1 aliphatic carbocycles. The van der Waals surface area contributed by atoms with Gasteiger partial charge in [0.15, 0.2) is 0 Å². The van der Waals surface area contributed by atoms with E-state index in [1.54, 1.807) is 6.26 Å². The van der Waals surface area contributed by atoms with E-state index < -0.39 is 0 Å². The van der Waals surface area contributed by atoms with Gasteiger partial charge < -0.3 is 9.47 Å². The van der Waals surface area contributed by atoms with Crippen LogP contribution in [0.1, 0.15) is 26.7 Å². The molecule has 2 aliphatic rings. The van der Waals surface area contributed by atoms with E-state index in [-0.39, 0.29) is 0 Å². The lowest BCUT2D eigenvalue weighted by Gasteiger charge is -2.25. The zero-order valence-electron chi connectivity index (χ0n) is 8.40. The van der Waals surface area contributed by atoms with Crippen LogP contribution in [0.3, 0.4) is 0 Å². The molecule has 1 aliphatic heterocycles. The number of allylic oxidation sites excluding steroid dienone is 1. The minimum absolute atomic E-state index is 0.565. The van der Waals surface area contributed by atoms with Crippen LogP contribution in [-0.2, 0) is 9.47 Å². The minimum atomic E-state index is 0.565. The van der Waals surface area contributed by atoms with Crippen molar-refractivity contribution in [2.45, 2.75) is 38.9 Å². The first-order valence-corrected chi connectivity index (χ1v) is 5.19. The highest BCUT2D eigenvalue weighted by Crippen LogP contribution is 2.42. The summed E-state index contributed by atoms with van der Waals surface area (Å²) >= 11 is 0. The number of ether oxygens (including phenoxy) is 2. The SMILES string of the molecule is CC=COCC1CC2OC2CC1C. The van der Waals surface area contributed by atoms with Crippen LogP contribution in [0.25, 0.3) is 0 Å². The second kappa shape index (κ2) is 3.70. The van der Waals surface area contributed by atoms with Crippen LogP contribution in [-0.4, -0.2) is 18.8 Å². The highest BCUT2D eigenvalue weighted by Gasteiger charge is 2.46. The summed E-state index contributed by atoms with van der Waals surface area (Å²) in [6.07, 6.45) is 7.30. The maximum atomic E-state index is 5.51. The summed E-state index contributed by atoms with van der Waals surface area (Å²) in [5.74, 6) is 1.45. The van der Waals surface area contributed by atoms with E-state index in [2.05, 4.69) is 6.92 Å². The quantitative estimate of drug-likeness (QED) is 0.493. The number of fused-ring (bicyclic) bond motifs is 1. The van der Waals surface area contributed by atoms with Crippen molar-refractivity contribution in [3.8, 4) is 0 Å². The summed E-state index contributed by atoms with van der Waals surface area (Å²) in [7, 11) is 0. The summed E-state index contributed by atoms with van der Waals surface area (Å²) < 4.78 is 10.9. The fourth-order valence-electron chi connectivity index (χ4n) is 2.19. The van der Waals surface area contributed by atoms with Gasteiger partial charge in [-0.2, -0.15) is 0 Å². The highest BCUT2D eigenvalue weighted by atomic mass is 16.6. The lowest BCUT2D eigenvalue weighted by Crippen LogP contribution is -2.25. The maximum Gasteiger partial charge on any atom is 0.0904 e. The third-order valence-corrected chi connectivity index (χ3v) is 3.17. The van der Waals surface area contributed by atoms with Crippen molar-refractivity contribution in [1.29, 1.82) is 0 Å². The van der Waals surface area contributed by atoms with Gasteiger partial charge in [0.05, 0.1) is 25.1 Å². The van der Waals surface area contributed by atoms with Crippen molar-refractivity contribution in [3.05, 3.63) is 12.3 Å². The van der Waals surface area contributed by atoms with Crippen molar-refractivity contribution in [2.24, 2.45) is 11.8 Å². The minimum Gasteiger partial charge on any atom is -0.501 e. The second-order valence-electron chi connectivity index (χ2n) is 4.22. The van der Waals surface area contributed by atoms with E-state index in [9.17, 15) is 0 Å². The van der Waals surface area contributed by atoms with Gasteiger partial charge in [-0.15, -0.1) is 0 Å². The molecule has 1 saturated carbocycles. The van der Waals surface area contributed by atoms with Crippen LogP contribution >= 0.6 is 0 Å². The van der Waals surface area contributed by atoms with Crippen LogP contribution in [0.2, 0.25) is 0 Å². The Bertz CT molecular complexity index is 200. The Morgan fingerprint density at radius 3 is 2.92 bits per heavy atom. The third kappa shape index (κ3) is 2.05. The second-order valence-corrected chi connectivity index (χ2v) is 4.22. The number of rotatable bonds is 3. The summed E-state index contributed by atoms with van der Waals surface area (Å²) in [6, 6.07) is 0. The van der Waals surface area contributed by atoms with E-state index in [0.717, 1.165) is 12.5 Å². The molecular weight excluding hydrogens is 164 g/mol. The van der Waals surface area contributed by atoms with Gasteiger partial charge in [-0.05, 0) is 31.6 Å². The largest absolute Gasteiger partial charge is 0.501 e. The zero-order valence-corrected chi connectivity index (χ0v) is 8.40. The Kier molecular flexibility index (Phi) is 2.58. The molecule has 4 unspecified atom stereocenters. The van der Waals surface area contributed by atoms with Crippen molar-refractivity contribution in [2.75, 3.05) is 6.61 Å². The molecular formula is C11H18O2. The fraction of sp³-hybridized carbons (Fsp3) is 0.818. The molecule has 0 aromatic carbocycles. The molecule has 4 atom stereocenters. The highest BCUT2D eigenvalue weighted by molar-refractivity contribution is 4.94. The summed E-state index contributed by atoms with van der Waals surface area (Å²) in [6.45, 7) is 5.14. The molecule has 0 bridgehead atoms. The van der Waals surface area contributed by atoms with E-state index in [0.29, 0.717) is 18.1 Å². The van der Waals surface area contributed by atoms with Crippen molar-refractivity contribution in [3.63, 3.8) is 0 Å². The first-order chi connectivity index (χ1) is 6.31. The standard InChI is InChI=1S/C11H18O2/c1-3-4-12-7-9-6-11-10(13-11)5-8(9)2/h3-4,8-11H,5-7H2,1-2H3. The predicted octanol–water partition coefficient (Wildman–Crippen LogP) is 2.35. The van der Waals surface area contributed by atoms with Gasteiger partial charge in [0.2, 0.25) is 0 Å². The van der Waals surface area contributed by atoms with E-state index in [1.165, 1.54) is 12.8 Å². The molecule has 0 spiro atoms. The average molecular weight is 182 g/mol. The zero-order chi connectivity index (χ0) is 9.26. The lowest BCUT2D eigenvalue weighted by molar-refractivity contribution is 0.137. The van der Waals surface area contributed by atoms with Crippen LogP contribution in [0.4, 0.5) is 0 Å². The molecule has 0 amide bonds. The first-order valence-electron chi connectivity index (χ1n) is 5.19. The molecule has 1 heterocycles. The molecule has 0 aromatic rings. The molecule has 2 nitrogen and oxygen atoms in total. The molecule has 0 radical (unpaired) electrons. The number of hydrogen-bond acceptors (Lipinski definition) is 2. The van der Waals surface area contributed by atoms with Crippen LogP contribution < -0.4 is 0 Å². The summed E-state index contributed by atoms with van der Waals surface area (Å²) in [4.78, 5) is 0. The summed E-state index contributed by atoms with van der Waals surface area (Å²) in [5, 5.41) is 0.